The molecule has 0 aliphatic carbocycles. The van der Waals surface area contributed by atoms with E-state index in [1.54, 1.807) is 13.0 Å². The van der Waals surface area contributed by atoms with Crippen molar-refractivity contribution in [3.05, 3.63) is 57.3 Å². The molecule has 0 aliphatic rings. The number of carbonyl (C=O) groups excluding carboxylic acids is 1. The third-order valence-electron chi connectivity index (χ3n) is 2.70. The molecule has 2 aromatic rings. The quantitative estimate of drug-likeness (QED) is 0.903. The Bertz CT molecular complexity index is 732. The zero-order valence-corrected chi connectivity index (χ0v) is 12.4. The first-order chi connectivity index (χ1) is 9.88. The number of pyridine rings is 1. The Hall–Kier alpha value is -2.11. The van der Waals surface area contributed by atoms with Crippen LogP contribution in [0.1, 0.15) is 26.4 Å². The molecule has 0 saturated carbocycles. The average molecular weight is 325 g/mol. The number of hydrogen-bond donors (Lipinski definition) is 2. The highest BCUT2D eigenvalue weighted by molar-refractivity contribution is 6.36. The van der Waals surface area contributed by atoms with Crippen molar-refractivity contribution in [2.45, 2.75) is 6.92 Å². The Morgan fingerprint density at radius 1 is 1.19 bits per heavy atom. The van der Waals surface area contributed by atoms with Gasteiger partial charge < -0.3 is 10.4 Å². The van der Waals surface area contributed by atoms with E-state index in [2.05, 4.69) is 10.3 Å². The molecule has 1 aromatic heterocycles. The molecule has 0 spiro atoms. The number of aromatic carboxylic acids is 1. The maximum atomic E-state index is 12.1. The van der Waals surface area contributed by atoms with Crippen molar-refractivity contribution in [2.75, 3.05) is 5.32 Å². The van der Waals surface area contributed by atoms with Crippen LogP contribution in [0.3, 0.4) is 0 Å². The number of amides is 1. The number of nitrogens with zero attached hydrogens (tertiary/aromatic N) is 1. The lowest BCUT2D eigenvalue weighted by Gasteiger charge is -2.09. The second kappa shape index (κ2) is 6.11. The van der Waals surface area contributed by atoms with Gasteiger partial charge in [0.1, 0.15) is 0 Å². The molecule has 0 unspecified atom stereocenters. The van der Waals surface area contributed by atoms with Crippen LogP contribution in [0.5, 0.6) is 0 Å². The standard InChI is InChI=1S/C14H10Cl2N2O3/c1-7-4-10(15)9(6-17-7)13(19)18-12-3-2-8(14(20)21)5-11(12)16/h2-6H,1H3,(H,18,19)(H,20,21). The predicted molar refractivity (Wildman–Crippen MR) is 80.3 cm³/mol. The van der Waals surface area contributed by atoms with Crippen molar-refractivity contribution >= 4 is 40.8 Å². The zero-order chi connectivity index (χ0) is 15.6. The van der Waals surface area contributed by atoms with Gasteiger partial charge in [-0.05, 0) is 31.2 Å². The minimum absolute atomic E-state index is 0.0352. The van der Waals surface area contributed by atoms with E-state index in [4.69, 9.17) is 28.3 Å². The lowest BCUT2D eigenvalue weighted by molar-refractivity contribution is 0.0696. The van der Waals surface area contributed by atoms with Crippen molar-refractivity contribution in [3.63, 3.8) is 0 Å². The number of carboxylic acid groups (broad SMARTS) is 1. The van der Waals surface area contributed by atoms with Crippen molar-refractivity contribution < 1.29 is 14.7 Å². The molecule has 7 heteroatoms. The van der Waals surface area contributed by atoms with Gasteiger partial charge in [-0.1, -0.05) is 23.2 Å². The van der Waals surface area contributed by atoms with Gasteiger partial charge in [0.2, 0.25) is 0 Å². The van der Waals surface area contributed by atoms with Gasteiger partial charge in [-0.2, -0.15) is 0 Å². The molecule has 108 valence electrons. The summed E-state index contributed by atoms with van der Waals surface area (Å²) in [6.07, 6.45) is 1.37. The molecular weight excluding hydrogens is 315 g/mol. The van der Waals surface area contributed by atoms with E-state index in [1.807, 2.05) is 0 Å². The smallest absolute Gasteiger partial charge is 0.335 e. The van der Waals surface area contributed by atoms with E-state index in [0.717, 1.165) is 0 Å². The van der Waals surface area contributed by atoms with Crippen LogP contribution in [0.25, 0.3) is 0 Å². The fourth-order valence-corrected chi connectivity index (χ4v) is 2.15. The van der Waals surface area contributed by atoms with Crippen molar-refractivity contribution in [1.82, 2.24) is 4.98 Å². The molecule has 0 radical (unpaired) electrons. The summed E-state index contributed by atoms with van der Waals surface area (Å²) in [5.74, 6) is -1.57. The number of hydrogen-bond acceptors (Lipinski definition) is 3. The first kappa shape index (κ1) is 15.3. The summed E-state index contributed by atoms with van der Waals surface area (Å²) in [7, 11) is 0. The van der Waals surface area contributed by atoms with Crippen molar-refractivity contribution in [1.29, 1.82) is 0 Å². The number of aromatic nitrogens is 1. The maximum absolute atomic E-state index is 12.1. The Labute approximate surface area is 130 Å². The Kier molecular flexibility index (Phi) is 4.45. The highest BCUT2D eigenvalue weighted by Gasteiger charge is 2.14. The molecular formula is C14H10Cl2N2O3. The van der Waals surface area contributed by atoms with Gasteiger partial charge in [-0.15, -0.1) is 0 Å². The van der Waals surface area contributed by atoms with E-state index in [9.17, 15) is 9.59 Å². The molecule has 21 heavy (non-hydrogen) atoms. The van der Waals surface area contributed by atoms with Crippen LogP contribution < -0.4 is 5.32 Å². The molecule has 1 heterocycles. The van der Waals surface area contributed by atoms with E-state index in [-0.39, 0.29) is 21.2 Å². The fourth-order valence-electron chi connectivity index (χ4n) is 1.63. The lowest BCUT2D eigenvalue weighted by atomic mass is 10.2. The van der Waals surface area contributed by atoms with Gasteiger partial charge >= 0.3 is 5.97 Å². The van der Waals surface area contributed by atoms with E-state index >= 15 is 0 Å². The van der Waals surface area contributed by atoms with E-state index < -0.39 is 11.9 Å². The molecule has 2 N–H and O–H groups in total. The summed E-state index contributed by atoms with van der Waals surface area (Å²) < 4.78 is 0. The second-order valence-electron chi connectivity index (χ2n) is 4.26. The molecule has 0 fully saturated rings. The zero-order valence-electron chi connectivity index (χ0n) is 10.9. The number of nitrogens with one attached hydrogen (secondary N) is 1. The fraction of sp³-hybridized carbons (Fsp3) is 0.0714. The highest BCUT2D eigenvalue weighted by Crippen LogP contribution is 2.25. The molecule has 0 atom stereocenters. The number of carboxylic acids is 1. The minimum atomic E-state index is -1.10. The third-order valence-corrected chi connectivity index (χ3v) is 3.32. The van der Waals surface area contributed by atoms with Crippen LogP contribution in [0.4, 0.5) is 5.69 Å². The summed E-state index contributed by atoms with van der Waals surface area (Å²) in [4.78, 5) is 26.9. The largest absolute Gasteiger partial charge is 0.478 e. The number of anilines is 1. The number of benzene rings is 1. The Morgan fingerprint density at radius 3 is 2.48 bits per heavy atom. The van der Waals surface area contributed by atoms with Crippen molar-refractivity contribution in [2.24, 2.45) is 0 Å². The van der Waals surface area contributed by atoms with Gasteiger partial charge in [0.05, 0.1) is 26.9 Å². The number of carbonyl (C=O) groups is 2. The van der Waals surface area contributed by atoms with Crippen LogP contribution in [0.15, 0.2) is 30.5 Å². The number of rotatable bonds is 3. The van der Waals surface area contributed by atoms with Gasteiger partial charge in [-0.25, -0.2) is 4.79 Å². The van der Waals surface area contributed by atoms with Gasteiger partial charge in [0.15, 0.2) is 0 Å². The number of halogens is 2. The number of aryl methyl sites for hydroxylation is 1. The monoisotopic (exact) mass is 324 g/mol. The van der Waals surface area contributed by atoms with Gasteiger partial charge in [0, 0.05) is 11.9 Å². The highest BCUT2D eigenvalue weighted by atomic mass is 35.5. The summed E-state index contributed by atoms with van der Waals surface area (Å²) >= 11 is 11.9. The minimum Gasteiger partial charge on any atom is -0.478 e. The molecule has 0 saturated heterocycles. The molecule has 1 amide bonds. The summed E-state index contributed by atoms with van der Waals surface area (Å²) in [5.41, 5.74) is 1.23. The molecule has 2 rings (SSSR count). The summed E-state index contributed by atoms with van der Waals surface area (Å²) in [6.45, 7) is 1.76. The van der Waals surface area contributed by atoms with Crippen LogP contribution in [-0.2, 0) is 0 Å². The van der Waals surface area contributed by atoms with Crippen LogP contribution in [-0.4, -0.2) is 22.0 Å². The third kappa shape index (κ3) is 3.51. The Balaban J connectivity index is 2.25. The maximum Gasteiger partial charge on any atom is 0.335 e. The average Bonchev–Trinajstić information content (AvgIpc) is 2.40. The topological polar surface area (TPSA) is 79.3 Å². The summed E-state index contributed by atoms with van der Waals surface area (Å²) in [6, 6.07) is 5.60. The van der Waals surface area contributed by atoms with Crippen LogP contribution in [0, 0.1) is 6.92 Å². The molecule has 0 aliphatic heterocycles. The van der Waals surface area contributed by atoms with Gasteiger partial charge in [-0.3, -0.25) is 9.78 Å². The van der Waals surface area contributed by atoms with Gasteiger partial charge in [0.25, 0.3) is 5.91 Å². The van der Waals surface area contributed by atoms with E-state index in [0.29, 0.717) is 11.4 Å². The molecule has 1 aromatic carbocycles. The Morgan fingerprint density at radius 2 is 1.90 bits per heavy atom. The normalized spacial score (nSPS) is 10.2. The second-order valence-corrected chi connectivity index (χ2v) is 5.07. The first-order valence-electron chi connectivity index (χ1n) is 5.85. The molecule has 5 nitrogen and oxygen atoms in total. The molecule has 0 bridgehead atoms. The lowest BCUT2D eigenvalue weighted by Crippen LogP contribution is -2.13. The first-order valence-corrected chi connectivity index (χ1v) is 6.60. The summed E-state index contributed by atoms with van der Waals surface area (Å²) in [5, 5.41) is 11.8. The van der Waals surface area contributed by atoms with Crippen LogP contribution in [0.2, 0.25) is 10.0 Å². The predicted octanol–water partition coefficient (Wildman–Crippen LogP) is 3.65. The van der Waals surface area contributed by atoms with Crippen molar-refractivity contribution in [3.8, 4) is 0 Å². The SMILES string of the molecule is Cc1cc(Cl)c(C(=O)Nc2ccc(C(=O)O)cc2Cl)cn1. The van der Waals surface area contributed by atoms with Crippen LogP contribution >= 0.6 is 23.2 Å². The van der Waals surface area contributed by atoms with E-state index in [1.165, 1.54) is 24.4 Å².